The minimum atomic E-state index is -0.376. The van der Waals surface area contributed by atoms with E-state index in [0.29, 0.717) is 17.8 Å². The third kappa shape index (κ3) is 3.58. The predicted octanol–water partition coefficient (Wildman–Crippen LogP) is 1.77. The Bertz CT molecular complexity index is 667. The Balaban J connectivity index is 1.68. The Morgan fingerprint density at radius 1 is 1.21 bits per heavy atom. The smallest absolute Gasteiger partial charge is 0.253 e. The van der Waals surface area contributed by atoms with E-state index in [9.17, 15) is 14.4 Å². The number of hydrogen-bond donors (Lipinski definition) is 2. The molecule has 3 rings (SSSR count). The van der Waals surface area contributed by atoms with Crippen LogP contribution in [0.3, 0.4) is 0 Å². The van der Waals surface area contributed by atoms with Crippen LogP contribution in [0.2, 0.25) is 0 Å². The van der Waals surface area contributed by atoms with Crippen LogP contribution in [-0.4, -0.2) is 41.2 Å². The van der Waals surface area contributed by atoms with Gasteiger partial charge in [-0.15, -0.1) is 0 Å². The van der Waals surface area contributed by atoms with E-state index in [4.69, 9.17) is 0 Å². The van der Waals surface area contributed by atoms with Gasteiger partial charge in [-0.25, -0.2) is 0 Å². The maximum Gasteiger partial charge on any atom is 0.253 e. The van der Waals surface area contributed by atoms with Crippen LogP contribution in [0.5, 0.6) is 0 Å². The van der Waals surface area contributed by atoms with E-state index in [-0.39, 0.29) is 42.1 Å². The standard InChI is InChI=1S/C18H23N3O3/c1-11(2)21-10-12(9-16(21)22)17(23)20-15-6-4-3-5-14(15)18(24)19-13-7-8-13/h3-6,11-13H,7-10H2,1-2H3,(H,19,24)(H,20,23)/t12-/m0/s1. The van der Waals surface area contributed by atoms with E-state index < -0.39 is 0 Å². The summed E-state index contributed by atoms with van der Waals surface area (Å²) in [4.78, 5) is 38.5. The molecule has 0 unspecified atom stereocenters. The fraction of sp³-hybridized carbons (Fsp3) is 0.500. The van der Waals surface area contributed by atoms with Gasteiger partial charge in [-0.05, 0) is 38.8 Å². The molecule has 1 aromatic rings. The normalized spacial score (nSPS) is 20.4. The molecule has 1 saturated carbocycles. The van der Waals surface area contributed by atoms with Gasteiger partial charge in [0, 0.05) is 25.0 Å². The maximum atomic E-state index is 12.5. The van der Waals surface area contributed by atoms with Gasteiger partial charge in [0.15, 0.2) is 0 Å². The van der Waals surface area contributed by atoms with Crippen molar-refractivity contribution >= 4 is 23.4 Å². The van der Waals surface area contributed by atoms with Crippen molar-refractivity contribution in [2.45, 2.75) is 45.2 Å². The molecule has 2 fully saturated rings. The van der Waals surface area contributed by atoms with Gasteiger partial charge in [-0.2, -0.15) is 0 Å². The highest BCUT2D eigenvalue weighted by molar-refractivity contribution is 6.05. The first-order valence-corrected chi connectivity index (χ1v) is 8.46. The number of nitrogens with zero attached hydrogens (tertiary/aromatic N) is 1. The fourth-order valence-corrected chi connectivity index (χ4v) is 2.92. The van der Waals surface area contributed by atoms with Gasteiger partial charge in [-0.1, -0.05) is 12.1 Å². The lowest BCUT2D eigenvalue weighted by Gasteiger charge is -2.20. The van der Waals surface area contributed by atoms with Crippen LogP contribution in [0, 0.1) is 5.92 Å². The fourth-order valence-electron chi connectivity index (χ4n) is 2.92. The molecule has 1 aliphatic heterocycles. The highest BCUT2D eigenvalue weighted by Crippen LogP contribution is 2.24. The van der Waals surface area contributed by atoms with Crippen LogP contribution >= 0.6 is 0 Å². The molecule has 0 aromatic heterocycles. The van der Waals surface area contributed by atoms with E-state index in [2.05, 4.69) is 10.6 Å². The molecule has 1 atom stereocenters. The number of para-hydroxylation sites is 1. The third-order valence-electron chi connectivity index (χ3n) is 4.49. The number of rotatable bonds is 5. The zero-order chi connectivity index (χ0) is 17.3. The highest BCUT2D eigenvalue weighted by atomic mass is 16.2. The Morgan fingerprint density at radius 2 is 1.92 bits per heavy atom. The molecule has 6 nitrogen and oxygen atoms in total. The summed E-state index contributed by atoms with van der Waals surface area (Å²) in [6.45, 7) is 4.31. The number of amides is 3. The average Bonchev–Trinajstić information content (AvgIpc) is 3.26. The zero-order valence-corrected chi connectivity index (χ0v) is 14.0. The molecule has 2 N–H and O–H groups in total. The van der Waals surface area contributed by atoms with E-state index >= 15 is 0 Å². The van der Waals surface area contributed by atoms with E-state index in [1.54, 1.807) is 29.2 Å². The molecular weight excluding hydrogens is 306 g/mol. The Labute approximate surface area is 141 Å². The largest absolute Gasteiger partial charge is 0.349 e. The number of benzene rings is 1. The first-order valence-electron chi connectivity index (χ1n) is 8.46. The minimum absolute atomic E-state index is 0.00455. The number of carbonyl (C=O) groups excluding carboxylic acids is 3. The van der Waals surface area contributed by atoms with Gasteiger partial charge >= 0.3 is 0 Å². The lowest BCUT2D eigenvalue weighted by molar-refractivity contribution is -0.129. The molecule has 3 amide bonds. The summed E-state index contributed by atoms with van der Waals surface area (Å²) in [5.74, 6) is -0.748. The molecular formula is C18H23N3O3. The molecule has 24 heavy (non-hydrogen) atoms. The first-order chi connectivity index (χ1) is 11.5. The van der Waals surface area contributed by atoms with Crippen molar-refractivity contribution in [3.63, 3.8) is 0 Å². The second-order valence-corrected chi connectivity index (χ2v) is 6.82. The van der Waals surface area contributed by atoms with Crippen molar-refractivity contribution in [2.75, 3.05) is 11.9 Å². The summed E-state index contributed by atoms with van der Waals surface area (Å²) in [7, 11) is 0. The summed E-state index contributed by atoms with van der Waals surface area (Å²) in [6, 6.07) is 7.32. The van der Waals surface area contributed by atoms with Gasteiger partial charge in [-0.3, -0.25) is 14.4 Å². The molecule has 1 saturated heterocycles. The van der Waals surface area contributed by atoms with Gasteiger partial charge in [0.25, 0.3) is 5.91 Å². The van der Waals surface area contributed by atoms with Crippen LogP contribution in [-0.2, 0) is 9.59 Å². The van der Waals surface area contributed by atoms with Crippen molar-refractivity contribution in [1.29, 1.82) is 0 Å². The molecule has 128 valence electrons. The molecule has 0 spiro atoms. The summed E-state index contributed by atoms with van der Waals surface area (Å²) in [5.41, 5.74) is 0.957. The monoisotopic (exact) mass is 329 g/mol. The molecule has 1 aromatic carbocycles. The van der Waals surface area contributed by atoms with Crippen molar-refractivity contribution in [1.82, 2.24) is 10.2 Å². The van der Waals surface area contributed by atoms with Crippen molar-refractivity contribution in [3.05, 3.63) is 29.8 Å². The average molecular weight is 329 g/mol. The molecule has 0 radical (unpaired) electrons. The second-order valence-electron chi connectivity index (χ2n) is 6.82. The molecule has 0 bridgehead atoms. The number of nitrogens with one attached hydrogen (secondary N) is 2. The van der Waals surface area contributed by atoms with Gasteiger partial charge in [0.1, 0.15) is 0 Å². The summed E-state index contributed by atoms with van der Waals surface area (Å²) < 4.78 is 0. The Morgan fingerprint density at radius 3 is 2.54 bits per heavy atom. The van der Waals surface area contributed by atoms with Crippen LogP contribution < -0.4 is 10.6 Å². The van der Waals surface area contributed by atoms with E-state index in [0.717, 1.165) is 12.8 Å². The SMILES string of the molecule is CC(C)N1C[C@@H](C(=O)Nc2ccccc2C(=O)NC2CC2)CC1=O. The lowest BCUT2D eigenvalue weighted by Crippen LogP contribution is -2.33. The number of likely N-dealkylation sites (tertiary alicyclic amines) is 1. The van der Waals surface area contributed by atoms with Crippen LogP contribution in [0.25, 0.3) is 0 Å². The number of hydrogen-bond acceptors (Lipinski definition) is 3. The highest BCUT2D eigenvalue weighted by Gasteiger charge is 2.35. The Hall–Kier alpha value is -2.37. The topological polar surface area (TPSA) is 78.5 Å². The summed E-state index contributed by atoms with van der Waals surface area (Å²) in [6.07, 6.45) is 2.24. The zero-order valence-electron chi connectivity index (χ0n) is 14.0. The number of carbonyl (C=O) groups is 3. The van der Waals surface area contributed by atoms with Crippen LogP contribution in [0.1, 0.15) is 43.5 Å². The Kier molecular flexibility index (Phi) is 4.55. The van der Waals surface area contributed by atoms with Crippen LogP contribution in [0.4, 0.5) is 5.69 Å². The van der Waals surface area contributed by atoms with Gasteiger partial charge < -0.3 is 15.5 Å². The summed E-state index contributed by atoms with van der Waals surface area (Å²) in [5, 5.41) is 5.76. The van der Waals surface area contributed by atoms with E-state index in [1.165, 1.54) is 0 Å². The maximum absolute atomic E-state index is 12.5. The second kappa shape index (κ2) is 6.63. The van der Waals surface area contributed by atoms with Gasteiger partial charge in [0.05, 0.1) is 17.2 Å². The minimum Gasteiger partial charge on any atom is -0.349 e. The van der Waals surface area contributed by atoms with Gasteiger partial charge in [0.2, 0.25) is 11.8 Å². The summed E-state index contributed by atoms with van der Waals surface area (Å²) >= 11 is 0. The predicted molar refractivity (Wildman–Crippen MR) is 90.5 cm³/mol. The van der Waals surface area contributed by atoms with Crippen molar-refractivity contribution < 1.29 is 14.4 Å². The molecule has 1 heterocycles. The molecule has 2 aliphatic rings. The molecule has 6 heteroatoms. The third-order valence-corrected chi connectivity index (χ3v) is 4.49. The lowest BCUT2D eigenvalue weighted by atomic mass is 10.1. The first kappa shape index (κ1) is 16.5. The van der Waals surface area contributed by atoms with Crippen molar-refractivity contribution in [3.8, 4) is 0 Å². The number of anilines is 1. The van der Waals surface area contributed by atoms with Crippen molar-refractivity contribution in [2.24, 2.45) is 5.92 Å². The van der Waals surface area contributed by atoms with Crippen LogP contribution in [0.15, 0.2) is 24.3 Å². The van der Waals surface area contributed by atoms with E-state index in [1.807, 2.05) is 13.8 Å². The molecule has 1 aliphatic carbocycles. The quantitative estimate of drug-likeness (QED) is 0.864.